The molecule has 0 aromatic heterocycles. The van der Waals surface area contributed by atoms with E-state index in [1.165, 1.54) is 0 Å². The predicted molar refractivity (Wildman–Crippen MR) is 69.6 cm³/mol. The van der Waals surface area contributed by atoms with Gasteiger partial charge in [0, 0.05) is 6.08 Å². The number of amides is 1. The highest BCUT2D eigenvalue weighted by Crippen LogP contribution is 2.35. The number of carbonyl (C=O) groups excluding carboxylic acids is 1. The lowest BCUT2D eigenvalue weighted by Crippen LogP contribution is -2.34. The van der Waals surface area contributed by atoms with Gasteiger partial charge in [-0.05, 0) is 57.8 Å². The van der Waals surface area contributed by atoms with Crippen LogP contribution in [0.15, 0.2) is 12.2 Å². The van der Waals surface area contributed by atoms with Gasteiger partial charge in [-0.2, -0.15) is 5.26 Å². The Bertz CT molecular complexity index is 347. The van der Waals surface area contributed by atoms with Gasteiger partial charge in [0.15, 0.2) is 0 Å². The molecule has 1 fully saturated rings. The zero-order chi connectivity index (χ0) is 13.6. The van der Waals surface area contributed by atoms with E-state index in [4.69, 9.17) is 15.7 Å². The van der Waals surface area contributed by atoms with Gasteiger partial charge in [-0.25, -0.2) is 4.79 Å². The lowest BCUT2D eigenvalue weighted by Gasteiger charge is -2.33. The van der Waals surface area contributed by atoms with Crippen LogP contribution in [0.1, 0.15) is 46.0 Å². The standard InChI is InChI=1S/C14H22N2O2/c1-14(2,18-13(16)17)10-12-7-5-11(6-8-12)4-3-9-15/h3-4,11-12H,5-8,10H2,1-2H3,(H2,16,17)/b4-3-. The Morgan fingerprint density at radius 2 is 2.06 bits per heavy atom. The Balaban J connectivity index is 2.37. The number of carbonyl (C=O) groups is 1. The third-order valence-corrected chi connectivity index (χ3v) is 3.49. The molecule has 0 radical (unpaired) electrons. The van der Waals surface area contributed by atoms with Crippen molar-refractivity contribution >= 4 is 6.09 Å². The smallest absolute Gasteiger partial charge is 0.405 e. The third-order valence-electron chi connectivity index (χ3n) is 3.49. The number of nitriles is 1. The van der Waals surface area contributed by atoms with Crippen LogP contribution in [0.25, 0.3) is 0 Å². The van der Waals surface area contributed by atoms with Crippen LogP contribution in [0.2, 0.25) is 0 Å². The quantitative estimate of drug-likeness (QED) is 0.779. The summed E-state index contributed by atoms with van der Waals surface area (Å²) in [4.78, 5) is 10.8. The summed E-state index contributed by atoms with van der Waals surface area (Å²) >= 11 is 0. The molecule has 4 nitrogen and oxygen atoms in total. The zero-order valence-corrected chi connectivity index (χ0v) is 11.2. The Kier molecular flexibility index (Phi) is 5.21. The van der Waals surface area contributed by atoms with Crippen LogP contribution < -0.4 is 5.73 Å². The largest absolute Gasteiger partial charge is 0.444 e. The molecule has 0 heterocycles. The summed E-state index contributed by atoms with van der Waals surface area (Å²) in [6.45, 7) is 3.80. The van der Waals surface area contributed by atoms with E-state index in [0.29, 0.717) is 11.8 Å². The Hall–Kier alpha value is -1.50. The maximum absolute atomic E-state index is 10.8. The van der Waals surface area contributed by atoms with Crippen molar-refractivity contribution in [3.63, 3.8) is 0 Å². The predicted octanol–water partition coefficient (Wildman–Crippen LogP) is 3.14. The van der Waals surface area contributed by atoms with Crippen LogP contribution in [0.3, 0.4) is 0 Å². The molecule has 1 rings (SSSR count). The minimum absolute atomic E-state index is 0.480. The van der Waals surface area contributed by atoms with Crippen molar-refractivity contribution in [3.8, 4) is 6.07 Å². The summed E-state index contributed by atoms with van der Waals surface area (Å²) in [7, 11) is 0. The van der Waals surface area contributed by atoms with E-state index in [1.807, 2.05) is 26.0 Å². The number of rotatable bonds is 4. The molecule has 1 aliphatic carbocycles. The summed E-state index contributed by atoms with van der Waals surface area (Å²) < 4.78 is 5.11. The molecule has 18 heavy (non-hydrogen) atoms. The van der Waals surface area contributed by atoms with Crippen molar-refractivity contribution in [1.29, 1.82) is 5.26 Å². The van der Waals surface area contributed by atoms with Crippen molar-refractivity contribution in [2.24, 2.45) is 17.6 Å². The fourth-order valence-corrected chi connectivity index (χ4v) is 2.77. The minimum Gasteiger partial charge on any atom is -0.444 e. The number of nitrogens with zero attached hydrogens (tertiary/aromatic N) is 1. The molecule has 0 spiro atoms. The zero-order valence-electron chi connectivity index (χ0n) is 11.2. The van der Waals surface area contributed by atoms with Gasteiger partial charge in [-0.15, -0.1) is 0 Å². The van der Waals surface area contributed by atoms with Gasteiger partial charge in [-0.1, -0.05) is 6.08 Å². The highest BCUT2D eigenvalue weighted by molar-refractivity contribution is 5.65. The molecule has 0 aliphatic heterocycles. The third kappa shape index (κ3) is 5.22. The van der Waals surface area contributed by atoms with Crippen LogP contribution in [0.4, 0.5) is 4.79 Å². The van der Waals surface area contributed by atoms with Crippen molar-refractivity contribution in [1.82, 2.24) is 0 Å². The second kappa shape index (κ2) is 6.44. The van der Waals surface area contributed by atoms with E-state index in [-0.39, 0.29) is 0 Å². The van der Waals surface area contributed by atoms with Gasteiger partial charge in [0.25, 0.3) is 0 Å². The highest BCUT2D eigenvalue weighted by atomic mass is 16.6. The van der Waals surface area contributed by atoms with E-state index < -0.39 is 11.7 Å². The maximum atomic E-state index is 10.8. The number of nitrogens with two attached hydrogens (primary N) is 1. The molecule has 0 bridgehead atoms. The number of ether oxygens (including phenoxy) is 1. The van der Waals surface area contributed by atoms with Crippen LogP contribution >= 0.6 is 0 Å². The molecule has 1 amide bonds. The Labute approximate surface area is 109 Å². The second-order valence-electron chi connectivity index (χ2n) is 5.65. The van der Waals surface area contributed by atoms with Gasteiger partial charge in [-0.3, -0.25) is 0 Å². The minimum atomic E-state index is -0.703. The molecular weight excluding hydrogens is 228 g/mol. The van der Waals surface area contributed by atoms with E-state index in [2.05, 4.69) is 0 Å². The monoisotopic (exact) mass is 250 g/mol. The van der Waals surface area contributed by atoms with Crippen LogP contribution in [0.5, 0.6) is 0 Å². The fourth-order valence-electron chi connectivity index (χ4n) is 2.77. The molecule has 2 N–H and O–H groups in total. The number of primary amides is 1. The molecule has 0 saturated heterocycles. The first kappa shape index (κ1) is 14.6. The summed E-state index contributed by atoms with van der Waals surface area (Å²) in [6, 6.07) is 2.03. The lowest BCUT2D eigenvalue weighted by atomic mass is 9.77. The van der Waals surface area contributed by atoms with Crippen molar-refractivity contribution in [2.45, 2.75) is 51.6 Å². The summed E-state index contributed by atoms with van der Waals surface area (Å²) in [6.07, 6.45) is 8.17. The molecule has 1 aliphatic rings. The topological polar surface area (TPSA) is 76.1 Å². The number of hydrogen-bond donors (Lipinski definition) is 1. The SMILES string of the molecule is CC(C)(CC1CCC(/C=C\C#N)CC1)OC(N)=O. The van der Waals surface area contributed by atoms with E-state index in [9.17, 15) is 4.79 Å². The first-order valence-electron chi connectivity index (χ1n) is 6.47. The van der Waals surface area contributed by atoms with Crippen molar-refractivity contribution < 1.29 is 9.53 Å². The molecule has 1 saturated carbocycles. The molecule has 4 heteroatoms. The summed E-state index contributed by atoms with van der Waals surface area (Å²) in [5, 5.41) is 8.49. The first-order valence-corrected chi connectivity index (χ1v) is 6.47. The van der Waals surface area contributed by atoms with Gasteiger partial charge < -0.3 is 10.5 Å². The van der Waals surface area contributed by atoms with Gasteiger partial charge in [0.1, 0.15) is 5.60 Å². The van der Waals surface area contributed by atoms with E-state index in [1.54, 1.807) is 6.08 Å². The van der Waals surface area contributed by atoms with Crippen LogP contribution in [-0.4, -0.2) is 11.7 Å². The molecule has 0 unspecified atom stereocenters. The number of hydrogen-bond acceptors (Lipinski definition) is 3. The second-order valence-corrected chi connectivity index (χ2v) is 5.65. The average molecular weight is 250 g/mol. The van der Waals surface area contributed by atoms with Gasteiger partial charge >= 0.3 is 6.09 Å². The van der Waals surface area contributed by atoms with Crippen LogP contribution in [-0.2, 0) is 4.74 Å². The van der Waals surface area contributed by atoms with Gasteiger partial charge in [0.05, 0.1) is 6.07 Å². The number of allylic oxidation sites excluding steroid dienone is 2. The fraction of sp³-hybridized carbons (Fsp3) is 0.714. The molecule has 0 aromatic carbocycles. The molecule has 0 aromatic rings. The average Bonchev–Trinajstić information content (AvgIpc) is 2.26. The molecule has 0 atom stereocenters. The van der Waals surface area contributed by atoms with E-state index in [0.717, 1.165) is 32.1 Å². The summed E-state index contributed by atoms with van der Waals surface area (Å²) in [5.74, 6) is 1.10. The first-order chi connectivity index (χ1) is 8.43. The molecular formula is C14H22N2O2. The maximum Gasteiger partial charge on any atom is 0.405 e. The van der Waals surface area contributed by atoms with E-state index >= 15 is 0 Å². The molecule has 100 valence electrons. The normalized spacial score (nSPS) is 24.7. The lowest BCUT2D eigenvalue weighted by molar-refractivity contribution is 0.0207. The van der Waals surface area contributed by atoms with Crippen LogP contribution in [0, 0.1) is 23.2 Å². The summed E-state index contributed by atoms with van der Waals surface area (Å²) in [5.41, 5.74) is 4.58. The highest BCUT2D eigenvalue weighted by Gasteiger charge is 2.29. The van der Waals surface area contributed by atoms with Crippen molar-refractivity contribution in [3.05, 3.63) is 12.2 Å². The Morgan fingerprint density at radius 1 is 1.44 bits per heavy atom. The van der Waals surface area contributed by atoms with Crippen molar-refractivity contribution in [2.75, 3.05) is 0 Å². The van der Waals surface area contributed by atoms with Gasteiger partial charge in [0.2, 0.25) is 0 Å². The Morgan fingerprint density at radius 3 is 2.56 bits per heavy atom.